The molecule has 144 valence electrons. The minimum atomic E-state index is -0.759. The molecule has 1 amide bonds. The van der Waals surface area contributed by atoms with E-state index in [1.54, 1.807) is 12.1 Å². The Labute approximate surface area is 170 Å². The Hall–Kier alpha value is -3.28. The maximum absolute atomic E-state index is 12.4. The fourth-order valence-electron chi connectivity index (χ4n) is 2.27. The van der Waals surface area contributed by atoms with Crippen molar-refractivity contribution in [2.75, 3.05) is 19.5 Å². The number of nitrogens with zero attached hydrogens (tertiary/aromatic N) is 2. The Morgan fingerprint density at radius 3 is 2.50 bits per heavy atom. The number of rotatable bonds is 6. The monoisotopic (exact) mass is 421 g/mol. The lowest BCUT2D eigenvalue weighted by Crippen LogP contribution is -2.13. The van der Waals surface area contributed by atoms with Gasteiger partial charge in [-0.15, -0.1) is 0 Å². The van der Waals surface area contributed by atoms with Crippen LogP contribution >= 0.6 is 23.2 Å². The van der Waals surface area contributed by atoms with Gasteiger partial charge in [0.1, 0.15) is 16.7 Å². The van der Waals surface area contributed by atoms with Crippen LogP contribution in [-0.4, -0.2) is 25.1 Å². The SMILES string of the molecule is COc1cc(/C=C(\C#N)C(=O)Nc2ccc(Cl)c([N+](=O)[O-])c2)cc(Cl)c1OC. The van der Waals surface area contributed by atoms with Gasteiger partial charge in [-0.05, 0) is 35.9 Å². The van der Waals surface area contributed by atoms with Crippen LogP contribution in [0.3, 0.4) is 0 Å². The van der Waals surface area contributed by atoms with Crippen LogP contribution < -0.4 is 14.8 Å². The number of amides is 1. The summed E-state index contributed by atoms with van der Waals surface area (Å²) in [7, 11) is 2.85. The van der Waals surface area contributed by atoms with Gasteiger partial charge in [0.2, 0.25) is 0 Å². The number of benzene rings is 2. The third-order valence-electron chi connectivity index (χ3n) is 3.53. The molecule has 2 aromatic carbocycles. The van der Waals surface area contributed by atoms with Crippen LogP contribution in [0.2, 0.25) is 10.0 Å². The zero-order chi connectivity index (χ0) is 20.8. The lowest BCUT2D eigenvalue weighted by Gasteiger charge is -2.10. The molecule has 0 aliphatic rings. The lowest BCUT2D eigenvalue weighted by atomic mass is 10.1. The van der Waals surface area contributed by atoms with Crippen LogP contribution in [0.5, 0.6) is 11.5 Å². The third kappa shape index (κ3) is 4.71. The van der Waals surface area contributed by atoms with Crippen molar-refractivity contribution in [2.24, 2.45) is 0 Å². The second kappa shape index (κ2) is 9.08. The maximum Gasteiger partial charge on any atom is 0.289 e. The molecule has 1 N–H and O–H groups in total. The summed E-state index contributed by atoms with van der Waals surface area (Å²) in [6, 6.07) is 8.58. The van der Waals surface area contributed by atoms with Crippen LogP contribution in [0, 0.1) is 21.4 Å². The van der Waals surface area contributed by atoms with Gasteiger partial charge < -0.3 is 14.8 Å². The second-order valence-electron chi connectivity index (χ2n) is 5.29. The summed E-state index contributed by atoms with van der Waals surface area (Å²) in [6.45, 7) is 0. The minimum absolute atomic E-state index is 0.0704. The number of halogens is 2. The van der Waals surface area contributed by atoms with Gasteiger partial charge in [-0.1, -0.05) is 23.2 Å². The van der Waals surface area contributed by atoms with Crippen LogP contribution in [0.15, 0.2) is 35.9 Å². The normalized spacial score (nSPS) is 10.8. The van der Waals surface area contributed by atoms with E-state index in [0.717, 1.165) is 6.07 Å². The Bertz CT molecular complexity index is 1020. The van der Waals surface area contributed by atoms with E-state index in [-0.39, 0.29) is 27.0 Å². The van der Waals surface area contributed by atoms with E-state index >= 15 is 0 Å². The topological polar surface area (TPSA) is 114 Å². The molecule has 28 heavy (non-hydrogen) atoms. The van der Waals surface area contributed by atoms with E-state index in [0.29, 0.717) is 17.1 Å². The molecule has 0 bridgehead atoms. The summed E-state index contributed by atoms with van der Waals surface area (Å²) in [6.07, 6.45) is 1.30. The zero-order valence-electron chi connectivity index (χ0n) is 14.7. The van der Waals surface area contributed by atoms with Gasteiger partial charge in [0.25, 0.3) is 11.6 Å². The molecule has 2 aromatic rings. The molecule has 0 aliphatic heterocycles. The van der Waals surface area contributed by atoms with Gasteiger partial charge in [-0.2, -0.15) is 5.26 Å². The van der Waals surface area contributed by atoms with E-state index in [1.165, 1.54) is 38.5 Å². The molecule has 0 aromatic heterocycles. The van der Waals surface area contributed by atoms with E-state index < -0.39 is 10.8 Å². The highest BCUT2D eigenvalue weighted by Gasteiger charge is 2.16. The summed E-state index contributed by atoms with van der Waals surface area (Å²) in [5, 5.41) is 22.9. The summed E-state index contributed by atoms with van der Waals surface area (Å²) >= 11 is 11.9. The molecule has 0 heterocycles. The third-order valence-corrected chi connectivity index (χ3v) is 4.13. The van der Waals surface area contributed by atoms with E-state index in [4.69, 9.17) is 32.7 Å². The van der Waals surface area contributed by atoms with Crippen molar-refractivity contribution < 1.29 is 19.2 Å². The number of nitriles is 1. The first-order valence-corrected chi connectivity index (χ1v) is 8.35. The van der Waals surface area contributed by atoms with E-state index in [9.17, 15) is 20.2 Å². The smallest absolute Gasteiger partial charge is 0.289 e. The quantitative estimate of drug-likeness (QED) is 0.318. The van der Waals surface area contributed by atoms with Gasteiger partial charge in [0.05, 0.1) is 24.2 Å². The fourth-order valence-corrected chi connectivity index (χ4v) is 2.75. The van der Waals surface area contributed by atoms with Crippen molar-refractivity contribution >= 4 is 46.6 Å². The van der Waals surface area contributed by atoms with Gasteiger partial charge in [-0.25, -0.2) is 0 Å². The van der Waals surface area contributed by atoms with Gasteiger partial charge in [0.15, 0.2) is 11.5 Å². The maximum atomic E-state index is 12.4. The van der Waals surface area contributed by atoms with Gasteiger partial charge in [0, 0.05) is 11.8 Å². The molecular formula is C18H13Cl2N3O5. The molecule has 0 aliphatic carbocycles. The number of ether oxygens (including phenoxy) is 2. The summed E-state index contributed by atoms with van der Waals surface area (Å²) in [5.41, 5.74) is -0.0708. The first-order chi connectivity index (χ1) is 13.3. The second-order valence-corrected chi connectivity index (χ2v) is 6.10. The average molecular weight is 422 g/mol. The number of nitrogens with one attached hydrogen (secondary N) is 1. The number of hydrogen-bond acceptors (Lipinski definition) is 6. The summed E-state index contributed by atoms with van der Waals surface area (Å²) in [4.78, 5) is 22.7. The largest absolute Gasteiger partial charge is 0.493 e. The van der Waals surface area contributed by atoms with Crippen molar-refractivity contribution in [3.05, 3.63) is 61.6 Å². The molecule has 0 radical (unpaired) electrons. The van der Waals surface area contributed by atoms with Crippen molar-refractivity contribution in [3.63, 3.8) is 0 Å². The van der Waals surface area contributed by atoms with Crippen molar-refractivity contribution in [1.29, 1.82) is 5.26 Å². The Morgan fingerprint density at radius 2 is 1.93 bits per heavy atom. The number of hydrogen-bond donors (Lipinski definition) is 1. The number of carbonyl (C=O) groups excluding carboxylic acids is 1. The molecule has 0 saturated carbocycles. The first-order valence-electron chi connectivity index (χ1n) is 7.59. The average Bonchev–Trinajstić information content (AvgIpc) is 2.66. The van der Waals surface area contributed by atoms with Gasteiger partial charge in [-0.3, -0.25) is 14.9 Å². The lowest BCUT2D eigenvalue weighted by molar-refractivity contribution is -0.384. The first kappa shape index (κ1) is 21.0. The molecule has 0 atom stereocenters. The molecule has 0 saturated heterocycles. The van der Waals surface area contributed by atoms with Gasteiger partial charge >= 0.3 is 0 Å². The van der Waals surface area contributed by atoms with E-state index in [2.05, 4.69) is 5.32 Å². The number of anilines is 1. The van der Waals surface area contributed by atoms with Crippen LogP contribution in [0.1, 0.15) is 5.56 Å². The Kier molecular flexibility index (Phi) is 6.82. The Morgan fingerprint density at radius 1 is 1.21 bits per heavy atom. The molecule has 8 nitrogen and oxygen atoms in total. The number of carbonyl (C=O) groups is 1. The van der Waals surface area contributed by atoms with Crippen LogP contribution in [0.25, 0.3) is 6.08 Å². The molecule has 0 spiro atoms. The minimum Gasteiger partial charge on any atom is -0.493 e. The number of nitro groups is 1. The number of nitro benzene ring substituents is 1. The zero-order valence-corrected chi connectivity index (χ0v) is 16.2. The highest BCUT2D eigenvalue weighted by atomic mass is 35.5. The highest BCUT2D eigenvalue weighted by molar-refractivity contribution is 6.33. The fraction of sp³-hybridized carbons (Fsp3) is 0.111. The molecule has 10 heteroatoms. The number of methoxy groups -OCH3 is 2. The summed E-state index contributed by atoms with van der Waals surface area (Å²) < 4.78 is 10.3. The Balaban J connectivity index is 2.34. The molecule has 0 unspecified atom stereocenters. The van der Waals surface area contributed by atoms with Crippen molar-refractivity contribution in [1.82, 2.24) is 0 Å². The molecular weight excluding hydrogens is 409 g/mol. The van der Waals surface area contributed by atoms with Crippen molar-refractivity contribution in [3.8, 4) is 17.6 Å². The standard InChI is InChI=1S/C18H13Cl2N3O5/c1-27-16-7-10(6-14(20)17(16)28-2)5-11(9-21)18(24)22-12-3-4-13(19)15(8-12)23(25)26/h3-8H,1-2H3,(H,22,24)/b11-5+. The molecule has 0 fully saturated rings. The molecule has 2 rings (SSSR count). The van der Waals surface area contributed by atoms with Crippen LogP contribution in [0.4, 0.5) is 11.4 Å². The summed E-state index contributed by atoms with van der Waals surface area (Å²) in [5.74, 6) is -0.116. The highest BCUT2D eigenvalue weighted by Crippen LogP contribution is 2.36. The van der Waals surface area contributed by atoms with E-state index in [1.807, 2.05) is 0 Å². The van der Waals surface area contributed by atoms with Crippen LogP contribution in [-0.2, 0) is 4.79 Å². The predicted octanol–water partition coefficient (Wildman–Crippen LogP) is 4.46. The predicted molar refractivity (Wildman–Crippen MR) is 105 cm³/mol. The van der Waals surface area contributed by atoms with Crippen molar-refractivity contribution in [2.45, 2.75) is 0 Å².